The van der Waals surface area contributed by atoms with E-state index < -0.39 is 0 Å². The molecule has 2 aromatic rings. The van der Waals surface area contributed by atoms with E-state index in [1.54, 1.807) is 6.07 Å². The van der Waals surface area contributed by atoms with Gasteiger partial charge in [0.15, 0.2) is 5.13 Å². The third-order valence-electron chi connectivity index (χ3n) is 4.80. The molecule has 1 unspecified atom stereocenters. The SMILES string of the molecule is O=C(C1CCCN(c2nc3ccc(F)cc3s2)C1)N1CCCC1. The van der Waals surface area contributed by atoms with Gasteiger partial charge in [0.25, 0.3) is 0 Å². The van der Waals surface area contributed by atoms with Crippen LogP contribution in [0, 0.1) is 11.7 Å². The Kier molecular flexibility index (Phi) is 3.93. The number of piperidine rings is 1. The summed E-state index contributed by atoms with van der Waals surface area (Å²) in [5.74, 6) is 0.151. The lowest BCUT2D eigenvalue weighted by Crippen LogP contribution is -2.44. The Morgan fingerprint density at radius 3 is 2.87 bits per heavy atom. The largest absolute Gasteiger partial charge is 0.347 e. The fraction of sp³-hybridized carbons (Fsp3) is 0.529. The second-order valence-corrected chi connectivity index (χ2v) is 7.44. The fourth-order valence-corrected chi connectivity index (χ4v) is 4.60. The van der Waals surface area contributed by atoms with Gasteiger partial charge in [0.05, 0.1) is 16.1 Å². The van der Waals surface area contributed by atoms with Crippen molar-refractivity contribution in [3.05, 3.63) is 24.0 Å². The summed E-state index contributed by atoms with van der Waals surface area (Å²) < 4.78 is 14.2. The summed E-state index contributed by atoms with van der Waals surface area (Å²) in [6.45, 7) is 3.48. The smallest absolute Gasteiger partial charge is 0.227 e. The predicted molar refractivity (Wildman–Crippen MR) is 90.3 cm³/mol. The number of anilines is 1. The zero-order valence-electron chi connectivity index (χ0n) is 13.0. The molecule has 1 amide bonds. The number of aromatic nitrogens is 1. The molecule has 2 fully saturated rings. The molecule has 0 N–H and O–H groups in total. The molecule has 1 aromatic carbocycles. The summed E-state index contributed by atoms with van der Waals surface area (Å²) in [5.41, 5.74) is 0.833. The first kappa shape index (κ1) is 14.9. The van der Waals surface area contributed by atoms with Crippen LogP contribution in [0.2, 0.25) is 0 Å². The summed E-state index contributed by atoms with van der Waals surface area (Å²) in [4.78, 5) is 21.5. The zero-order chi connectivity index (χ0) is 15.8. The lowest BCUT2D eigenvalue weighted by molar-refractivity contribution is -0.134. The molecule has 0 bridgehead atoms. The third kappa shape index (κ3) is 2.92. The summed E-state index contributed by atoms with van der Waals surface area (Å²) in [6.07, 6.45) is 4.23. The number of carbonyl (C=O) groups is 1. The van der Waals surface area contributed by atoms with Crippen LogP contribution in [0.1, 0.15) is 25.7 Å². The minimum absolute atomic E-state index is 0.0746. The molecule has 3 heterocycles. The first-order valence-electron chi connectivity index (χ1n) is 8.30. The number of likely N-dealkylation sites (tertiary alicyclic amines) is 1. The highest BCUT2D eigenvalue weighted by molar-refractivity contribution is 7.22. The molecular formula is C17H20FN3OS. The average molecular weight is 333 g/mol. The molecule has 4 rings (SSSR count). The van der Waals surface area contributed by atoms with E-state index in [9.17, 15) is 9.18 Å². The standard InChI is InChI=1S/C17H20FN3OS/c18-13-5-6-14-15(10-13)23-17(19-14)21-9-3-4-12(11-21)16(22)20-7-1-2-8-20/h5-6,10,12H,1-4,7-9,11H2. The van der Waals surface area contributed by atoms with Gasteiger partial charge in [0.2, 0.25) is 5.91 Å². The van der Waals surface area contributed by atoms with E-state index in [4.69, 9.17) is 0 Å². The van der Waals surface area contributed by atoms with E-state index in [0.717, 1.165) is 67.2 Å². The van der Waals surface area contributed by atoms with Gasteiger partial charge >= 0.3 is 0 Å². The van der Waals surface area contributed by atoms with Gasteiger partial charge in [0, 0.05) is 26.2 Å². The van der Waals surface area contributed by atoms with Crippen LogP contribution in [0.15, 0.2) is 18.2 Å². The maximum atomic E-state index is 13.3. The van der Waals surface area contributed by atoms with Gasteiger partial charge in [-0.05, 0) is 43.9 Å². The highest BCUT2D eigenvalue weighted by atomic mass is 32.1. The molecule has 0 saturated carbocycles. The molecule has 0 radical (unpaired) electrons. The first-order valence-corrected chi connectivity index (χ1v) is 9.12. The molecule has 122 valence electrons. The Morgan fingerprint density at radius 1 is 1.22 bits per heavy atom. The minimum Gasteiger partial charge on any atom is -0.347 e. The molecule has 1 aromatic heterocycles. The summed E-state index contributed by atoms with van der Waals surface area (Å²) in [5, 5.41) is 0.907. The quantitative estimate of drug-likeness (QED) is 0.846. The predicted octanol–water partition coefficient (Wildman–Crippen LogP) is 3.27. The average Bonchev–Trinajstić information content (AvgIpc) is 3.23. The van der Waals surface area contributed by atoms with E-state index >= 15 is 0 Å². The molecular weight excluding hydrogens is 313 g/mol. The van der Waals surface area contributed by atoms with Crippen molar-refractivity contribution in [3.8, 4) is 0 Å². The number of hydrogen-bond acceptors (Lipinski definition) is 4. The highest BCUT2D eigenvalue weighted by Gasteiger charge is 2.31. The lowest BCUT2D eigenvalue weighted by atomic mass is 9.97. The Hall–Kier alpha value is -1.69. The minimum atomic E-state index is -0.228. The number of hydrogen-bond donors (Lipinski definition) is 0. The van der Waals surface area contributed by atoms with Crippen LogP contribution in [0.3, 0.4) is 0 Å². The van der Waals surface area contributed by atoms with E-state index in [1.807, 2.05) is 4.90 Å². The van der Waals surface area contributed by atoms with Crippen LogP contribution >= 0.6 is 11.3 Å². The van der Waals surface area contributed by atoms with Crippen LogP contribution in [0.4, 0.5) is 9.52 Å². The molecule has 1 atom stereocenters. The number of thiazole rings is 1. The van der Waals surface area contributed by atoms with Crippen LogP contribution < -0.4 is 4.90 Å². The molecule has 6 heteroatoms. The molecule has 4 nitrogen and oxygen atoms in total. The van der Waals surface area contributed by atoms with Gasteiger partial charge in [-0.2, -0.15) is 0 Å². The maximum absolute atomic E-state index is 13.3. The number of carbonyl (C=O) groups excluding carboxylic acids is 1. The Labute approximate surface area is 138 Å². The van der Waals surface area contributed by atoms with Gasteiger partial charge in [-0.1, -0.05) is 11.3 Å². The number of nitrogens with zero attached hydrogens (tertiary/aromatic N) is 3. The van der Waals surface area contributed by atoms with E-state index in [0.29, 0.717) is 5.91 Å². The second kappa shape index (κ2) is 6.07. The van der Waals surface area contributed by atoms with Crippen molar-refractivity contribution >= 4 is 32.6 Å². The highest BCUT2D eigenvalue weighted by Crippen LogP contribution is 2.32. The third-order valence-corrected chi connectivity index (χ3v) is 5.88. The van der Waals surface area contributed by atoms with Crippen molar-refractivity contribution in [3.63, 3.8) is 0 Å². The summed E-state index contributed by atoms with van der Waals surface area (Å²) >= 11 is 1.51. The van der Waals surface area contributed by atoms with Gasteiger partial charge in [-0.25, -0.2) is 9.37 Å². The maximum Gasteiger partial charge on any atom is 0.227 e. The van der Waals surface area contributed by atoms with E-state index in [2.05, 4.69) is 9.88 Å². The van der Waals surface area contributed by atoms with Gasteiger partial charge in [-0.15, -0.1) is 0 Å². The number of halogens is 1. The normalized spacial score (nSPS) is 22.0. The second-order valence-electron chi connectivity index (χ2n) is 6.43. The molecule has 0 aliphatic carbocycles. The van der Waals surface area contributed by atoms with Gasteiger partial charge in [-0.3, -0.25) is 4.79 Å². The number of benzene rings is 1. The fourth-order valence-electron chi connectivity index (χ4n) is 3.57. The van der Waals surface area contributed by atoms with Crippen LogP contribution in [-0.2, 0) is 4.79 Å². The number of fused-ring (bicyclic) bond motifs is 1. The van der Waals surface area contributed by atoms with Crippen molar-refractivity contribution in [1.82, 2.24) is 9.88 Å². The van der Waals surface area contributed by atoms with Crippen molar-refractivity contribution in [2.75, 3.05) is 31.1 Å². The van der Waals surface area contributed by atoms with Crippen molar-refractivity contribution in [2.24, 2.45) is 5.92 Å². The number of rotatable bonds is 2. The van der Waals surface area contributed by atoms with Gasteiger partial charge in [0.1, 0.15) is 5.82 Å². The zero-order valence-corrected chi connectivity index (χ0v) is 13.8. The Balaban J connectivity index is 1.52. The van der Waals surface area contributed by atoms with E-state index in [1.165, 1.54) is 23.5 Å². The Bertz CT molecular complexity index is 726. The molecule has 0 spiro atoms. The molecule has 2 aliphatic heterocycles. The Morgan fingerprint density at radius 2 is 2.04 bits per heavy atom. The lowest BCUT2D eigenvalue weighted by Gasteiger charge is -2.33. The molecule has 23 heavy (non-hydrogen) atoms. The molecule has 2 aliphatic rings. The summed E-state index contributed by atoms with van der Waals surface area (Å²) in [7, 11) is 0. The number of amides is 1. The topological polar surface area (TPSA) is 36.4 Å². The van der Waals surface area contributed by atoms with Crippen LogP contribution in [-0.4, -0.2) is 42.0 Å². The van der Waals surface area contributed by atoms with Crippen LogP contribution in [0.25, 0.3) is 10.2 Å². The van der Waals surface area contributed by atoms with Crippen LogP contribution in [0.5, 0.6) is 0 Å². The summed E-state index contributed by atoms with van der Waals surface area (Å²) in [6, 6.07) is 4.70. The molecule has 2 saturated heterocycles. The van der Waals surface area contributed by atoms with E-state index in [-0.39, 0.29) is 11.7 Å². The van der Waals surface area contributed by atoms with Gasteiger partial charge < -0.3 is 9.80 Å². The van der Waals surface area contributed by atoms with Crippen molar-refractivity contribution in [2.45, 2.75) is 25.7 Å². The monoisotopic (exact) mass is 333 g/mol. The van der Waals surface area contributed by atoms with Crippen molar-refractivity contribution in [1.29, 1.82) is 0 Å². The van der Waals surface area contributed by atoms with Crippen molar-refractivity contribution < 1.29 is 9.18 Å². The first-order chi connectivity index (χ1) is 11.2.